The summed E-state index contributed by atoms with van der Waals surface area (Å²) >= 11 is 5.44. The van der Waals surface area contributed by atoms with Crippen molar-refractivity contribution in [3.63, 3.8) is 0 Å². The number of thiocarbonyl (C=S) groups is 1. The normalized spacial score (nSPS) is 15.6. The van der Waals surface area contributed by atoms with E-state index >= 15 is 0 Å². The number of hydrogen-bond acceptors (Lipinski definition) is 4. The standard InChI is InChI=1S/C28H35N3O3S/c1-5-7-8-9-10-20-11-13-22(14-12-20)26(32)29-23-17-15-21(16-18-23)25-24(27(33)34-6-2)19(3)31(4)28(35)30-25/h11-18,25H,5-10H2,1-4H3,(H,29,32)(H,30,35)/t25-/m0/s1. The van der Waals surface area contributed by atoms with Gasteiger partial charge in [0, 0.05) is 24.0 Å². The van der Waals surface area contributed by atoms with Crippen molar-refractivity contribution in [1.82, 2.24) is 10.2 Å². The van der Waals surface area contributed by atoms with E-state index in [0.29, 0.717) is 28.5 Å². The number of unbranched alkanes of at least 4 members (excludes halogenated alkanes) is 3. The fourth-order valence-electron chi connectivity index (χ4n) is 4.10. The Morgan fingerprint density at radius 1 is 1.03 bits per heavy atom. The van der Waals surface area contributed by atoms with Gasteiger partial charge in [0.25, 0.3) is 5.91 Å². The molecule has 7 heteroatoms. The molecule has 0 aromatic heterocycles. The Kier molecular flexibility index (Phi) is 9.43. The third-order valence-electron chi connectivity index (χ3n) is 6.29. The smallest absolute Gasteiger partial charge is 0.338 e. The van der Waals surface area contributed by atoms with Gasteiger partial charge in [-0.15, -0.1) is 0 Å². The molecule has 0 radical (unpaired) electrons. The first-order valence-electron chi connectivity index (χ1n) is 12.3. The molecule has 3 rings (SSSR count). The molecule has 1 amide bonds. The van der Waals surface area contributed by atoms with Gasteiger partial charge in [0.2, 0.25) is 0 Å². The van der Waals surface area contributed by atoms with Crippen molar-refractivity contribution >= 4 is 34.9 Å². The van der Waals surface area contributed by atoms with E-state index in [-0.39, 0.29) is 11.9 Å². The molecular formula is C28H35N3O3S. The number of amides is 1. The Balaban J connectivity index is 1.68. The first kappa shape index (κ1) is 26.4. The predicted octanol–water partition coefficient (Wildman–Crippen LogP) is 5.76. The van der Waals surface area contributed by atoms with Crippen molar-refractivity contribution in [1.29, 1.82) is 0 Å². The summed E-state index contributed by atoms with van der Waals surface area (Å²) in [6.07, 6.45) is 5.95. The SMILES string of the molecule is CCCCCCc1ccc(C(=O)Nc2ccc([C@@H]3NC(=S)N(C)C(C)=C3C(=O)OCC)cc2)cc1. The number of allylic oxidation sites excluding steroid dienone is 1. The van der Waals surface area contributed by atoms with Crippen LogP contribution in [-0.4, -0.2) is 35.5 Å². The number of nitrogens with one attached hydrogen (secondary N) is 2. The monoisotopic (exact) mass is 493 g/mol. The average Bonchev–Trinajstić information content (AvgIpc) is 2.86. The molecule has 186 valence electrons. The van der Waals surface area contributed by atoms with Gasteiger partial charge in [0.15, 0.2) is 5.11 Å². The fraction of sp³-hybridized carbons (Fsp3) is 0.393. The van der Waals surface area contributed by atoms with E-state index in [0.717, 1.165) is 17.7 Å². The summed E-state index contributed by atoms with van der Waals surface area (Å²) in [5.74, 6) is -0.528. The van der Waals surface area contributed by atoms with E-state index in [2.05, 4.69) is 17.6 Å². The first-order chi connectivity index (χ1) is 16.8. The number of hydrogen-bond donors (Lipinski definition) is 2. The van der Waals surface area contributed by atoms with Crippen LogP contribution in [0.1, 0.15) is 74.0 Å². The summed E-state index contributed by atoms with van der Waals surface area (Å²) in [6.45, 7) is 6.14. The number of benzene rings is 2. The van der Waals surface area contributed by atoms with Crippen molar-refractivity contribution < 1.29 is 14.3 Å². The van der Waals surface area contributed by atoms with E-state index in [1.165, 1.54) is 31.2 Å². The summed E-state index contributed by atoms with van der Waals surface area (Å²) in [4.78, 5) is 27.2. The lowest BCUT2D eigenvalue weighted by Crippen LogP contribution is -2.46. The highest BCUT2D eigenvalue weighted by atomic mass is 32.1. The summed E-state index contributed by atoms with van der Waals surface area (Å²) in [6, 6.07) is 14.8. The van der Waals surface area contributed by atoms with Crippen LogP contribution >= 0.6 is 12.2 Å². The van der Waals surface area contributed by atoms with Gasteiger partial charge in [-0.05, 0) is 74.3 Å². The second-order valence-corrected chi connectivity index (χ2v) is 9.13. The largest absolute Gasteiger partial charge is 0.463 e. The van der Waals surface area contributed by atoms with Crippen molar-refractivity contribution in [3.05, 3.63) is 76.5 Å². The number of esters is 1. The molecule has 1 aliphatic rings. The van der Waals surface area contributed by atoms with Crippen LogP contribution in [0.2, 0.25) is 0 Å². The van der Waals surface area contributed by atoms with Crippen LogP contribution in [0, 0.1) is 0 Å². The van der Waals surface area contributed by atoms with Gasteiger partial charge in [0.05, 0.1) is 18.2 Å². The highest BCUT2D eigenvalue weighted by Gasteiger charge is 2.33. The zero-order valence-corrected chi connectivity index (χ0v) is 21.8. The van der Waals surface area contributed by atoms with E-state index in [1.807, 2.05) is 62.5 Å². The third kappa shape index (κ3) is 6.69. The molecule has 1 heterocycles. The molecule has 1 atom stereocenters. The lowest BCUT2D eigenvalue weighted by atomic mass is 9.95. The second-order valence-electron chi connectivity index (χ2n) is 8.74. The number of ether oxygens (including phenoxy) is 1. The Bertz CT molecular complexity index is 1080. The zero-order chi connectivity index (χ0) is 25.4. The summed E-state index contributed by atoms with van der Waals surface area (Å²) in [5, 5.41) is 6.71. The van der Waals surface area contributed by atoms with Gasteiger partial charge in [-0.1, -0.05) is 50.5 Å². The lowest BCUT2D eigenvalue weighted by molar-refractivity contribution is -0.139. The molecular weight excluding hydrogens is 458 g/mol. The van der Waals surface area contributed by atoms with Gasteiger partial charge in [-0.25, -0.2) is 4.79 Å². The Morgan fingerprint density at radius 2 is 1.71 bits per heavy atom. The maximum Gasteiger partial charge on any atom is 0.338 e. The third-order valence-corrected chi connectivity index (χ3v) is 6.68. The van der Waals surface area contributed by atoms with Gasteiger partial charge < -0.3 is 20.3 Å². The number of rotatable bonds is 10. The maximum absolute atomic E-state index is 12.7. The van der Waals surface area contributed by atoms with Crippen LogP contribution in [0.15, 0.2) is 59.8 Å². The van der Waals surface area contributed by atoms with Crippen LogP contribution in [0.3, 0.4) is 0 Å². The van der Waals surface area contributed by atoms with Crippen LogP contribution in [0.5, 0.6) is 0 Å². The minimum atomic E-state index is -0.424. The quantitative estimate of drug-likeness (QED) is 0.249. The van der Waals surface area contributed by atoms with Crippen LogP contribution in [0.4, 0.5) is 5.69 Å². The van der Waals surface area contributed by atoms with Crippen molar-refractivity contribution in [2.45, 2.75) is 58.9 Å². The molecule has 35 heavy (non-hydrogen) atoms. The molecule has 0 aliphatic carbocycles. The van der Waals surface area contributed by atoms with E-state index in [1.54, 1.807) is 11.8 Å². The topological polar surface area (TPSA) is 70.7 Å². The molecule has 2 aromatic carbocycles. The minimum Gasteiger partial charge on any atom is -0.463 e. The Morgan fingerprint density at radius 3 is 2.34 bits per heavy atom. The Hall–Kier alpha value is -3.19. The average molecular weight is 494 g/mol. The predicted molar refractivity (Wildman–Crippen MR) is 144 cm³/mol. The molecule has 0 spiro atoms. The fourth-order valence-corrected chi connectivity index (χ4v) is 4.35. The number of aryl methyl sites for hydroxylation is 1. The van der Waals surface area contributed by atoms with Gasteiger partial charge >= 0.3 is 5.97 Å². The minimum absolute atomic E-state index is 0.156. The lowest BCUT2D eigenvalue weighted by Gasteiger charge is -2.35. The number of anilines is 1. The summed E-state index contributed by atoms with van der Waals surface area (Å²) in [7, 11) is 1.82. The van der Waals surface area contributed by atoms with Crippen molar-refractivity contribution in [2.75, 3.05) is 19.0 Å². The molecule has 6 nitrogen and oxygen atoms in total. The molecule has 0 fully saturated rings. The zero-order valence-electron chi connectivity index (χ0n) is 21.0. The molecule has 0 unspecified atom stereocenters. The highest BCUT2D eigenvalue weighted by molar-refractivity contribution is 7.80. The molecule has 0 saturated heterocycles. The highest BCUT2D eigenvalue weighted by Crippen LogP contribution is 2.31. The van der Waals surface area contributed by atoms with E-state index in [4.69, 9.17) is 17.0 Å². The number of nitrogens with zero attached hydrogens (tertiary/aromatic N) is 1. The van der Waals surface area contributed by atoms with Crippen LogP contribution in [-0.2, 0) is 16.0 Å². The van der Waals surface area contributed by atoms with E-state index < -0.39 is 6.04 Å². The summed E-state index contributed by atoms with van der Waals surface area (Å²) in [5.41, 5.74) is 4.69. The Labute approximate surface area is 213 Å². The van der Waals surface area contributed by atoms with Gasteiger partial charge in [-0.3, -0.25) is 4.79 Å². The number of carbonyl (C=O) groups is 2. The van der Waals surface area contributed by atoms with Gasteiger partial charge in [0.1, 0.15) is 0 Å². The molecule has 0 saturated carbocycles. The second kappa shape index (κ2) is 12.5. The molecule has 2 N–H and O–H groups in total. The molecule has 1 aliphatic heterocycles. The molecule has 2 aromatic rings. The number of carbonyl (C=O) groups excluding carboxylic acids is 2. The molecule has 0 bridgehead atoms. The van der Waals surface area contributed by atoms with E-state index in [9.17, 15) is 9.59 Å². The van der Waals surface area contributed by atoms with Crippen molar-refractivity contribution in [2.24, 2.45) is 0 Å². The summed E-state index contributed by atoms with van der Waals surface area (Å²) < 4.78 is 5.29. The van der Waals surface area contributed by atoms with Crippen LogP contribution in [0.25, 0.3) is 0 Å². The van der Waals surface area contributed by atoms with Crippen LogP contribution < -0.4 is 10.6 Å². The van der Waals surface area contributed by atoms with Crippen molar-refractivity contribution in [3.8, 4) is 0 Å². The van der Waals surface area contributed by atoms with Gasteiger partial charge in [-0.2, -0.15) is 0 Å². The first-order valence-corrected chi connectivity index (χ1v) is 12.7. The maximum atomic E-state index is 12.7.